The van der Waals surface area contributed by atoms with Gasteiger partial charge in [0.25, 0.3) is 0 Å². The molecule has 3 aliphatic rings. The van der Waals surface area contributed by atoms with E-state index in [-0.39, 0.29) is 0 Å². The summed E-state index contributed by atoms with van der Waals surface area (Å²) in [6.45, 7) is 4.01. The van der Waals surface area contributed by atoms with Crippen molar-refractivity contribution in [1.29, 1.82) is 0 Å². The molecule has 0 radical (unpaired) electrons. The Balaban J connectivity index is 1.47. The molecule has 3 nitrogen and oxygen atoms in total. The van der Waals surface area contributed by atoms with Gasteiger partial charge in [-0.25, -0.2) is 0 Å². The summed E-state index contributed by atoms with van der Waals surface area (Å²) >= 11 is 6.12. The lowest BCUT2D eigenvalue weighted by molar-refractivity contribution is -0.0330. The van der Waals surface area contributed by atoms with Crippen molar-refractivity contribution in [2.24, 2.45) is 5.41 Å². The van der Waals surface area contributed by atoms with Crippen LogP contribution >= 0.6 is 11.6 Å². The normalized spacial score (nSPS) is 30.1. The van der Waals surface area contributed by atoms with E-state index >= 15 is 0 Å². The van der Waals surface area contributed by atoms with Crippen LogP contribution in [0.15, 0.2) is 23.8 Å². The van der Waals surface area contributed by atoms with Gasteiger partial charge in [-0.05, 0) is 62.1 Å². The van der Waals surface area contributed by atoms with Crippen molar-refractivity contribution in [2.75, 3.05) is 33.4 Å². The fourth-order valence-corrected chi connectivity index (χ4v) is 5.09. The second-order valence-corrected chi connectivity index (χ2v) is 8.00. The molecule has 1 saturated heterocycles. The lowest BCUT2D eigenvalue weighted by atomic mass is 9.76. The van der Waals surface area contributed by atoms with Crippen LogP contribution in [-0.2, 0) is 4.74 Å². The Morgan fingerprint density at radius 2 is 2.21 bits per heavy atom. The molecule has 0 unspecified atom stereocenters. The second kappa shape index (κ2) is 6.70. The van der Waals surface area contributed by atoms with Gasteiger partial charge in [-0.2, -0.15) is 0 Å². The van der Waals surface area contributed by atoms with Crippen LogP contribution in [0.3, 0.4) is 0 Å². The maximum atomic E-state index is 6.12. The highest BCUT2D eigenvalue weighted by atomic mass is 35.5. The van der Waals surface area contributed by atoms with Crippen LogP contribution in [-0.4, -0.2) is 44.4 Å². The van der Waals surface area contributed by atoms with E-state index in [0.29, 0.717) is 18.1 Å². The van der Waals surface area contributed by atoms with E-state index in [1.54, 1.807) is 0 Å². The average molecular weight is 348 g/mol. The number of rotatable bonds is 3. The first-order valence-electron chi connectivity index (χ1n) is 9.05. The predicted octanol–water partition coefficient (Wildman–Crippen LogP) is 4.40. The third-order valence-electron chi connectivity index (χ3n) is 5.97. The smallest absolute Gasteiger partial charge is 0.127 e. The van der Waals surface area contributed by atoms with Gasteiger partial charge in [-0.15, -0.1) is 0 Å². The zero-order chi connectivity index (χ0) is 16.6. The van der Waals surface area contributed by atoms with Gasteiger partial charge in [0.05, 0.1) is 6.10 Å². The molecular weight excluding hydrogens is 322 g/mol. The molecule has 24 heavy (non-hydrogen) atoms. The molecule has 1 aromatic rings. The number of methoxy groups -OCH3 is 1. The van der Waals surface area contributed by atoms with Crippen LogP contribution in [0.25, 0.3) is 6.08 Å². The van der Waals surface area contributed by atoms with Gasteiger partial charge in [-0.1, -0.05) is 18.0 Å². The number of hydrogen-bond acceptors (Lipinski definition) is 3. The molecule has 0 N–H and O–H groups in total. The van der Waals surface area contributed by atoms with Gasteiger partial charge in [-0.3, -0.25) is 4.90 Å². The standard InChI is InChI=1S/C20H26ClNO2/c1-23-19-4-2-7-20(19)8-3-9-22(14-20)12-15-10-16-11-17(21)5-6-18(16)24-13-15/h5-6,10-11,19H,2-4,7-9,12-14H2,1H3/t19-,20+/m1/s1. The molecule has 2 aliphatic heterocycles. The number of likely N-dealkylation sites (tertiary alicyclic amines) is 1. The van der Waals surface area contributed by atoms with Crippen LogP contribution in [0.2, 0.25) is 5.02 Å². The van der Waals surface area contributed by atoms with Gasteiger partial charge in [0, 0.05) is 36.2 Å². The summed E-state index contributed by atoms with van der Waals surface area (Å²) in [6, 6.07) is 5.84. The number of halogens is 1. The quantitative estimate of drug-likeness (QED) is 0.809. The summed E-state index contributed by atoms with van der Waals surface area (Å²) in [5.74, 6) is 0.938. The summed E-state index contributed by atoms with van der Waals surface area (Å²) in [4.78, 5) is 2.60. The zero-order valence-electron chi connectivity index (χ0n) is 14.4. The molecule has 2 atom stereocenters. The minimum atomic E-state index is 0.379. The molecule has 4 heteroatoms. The van der Waals surface area contributed by atoms with Crippen molar-refractivity contribution in [2.45, 2.75) is 38.2 Å². The van der Waals surface area contributed by atoms with Crippen LogP contribution in [0.4, 0.5) is 0 Å². The third kappa shape index (κ3) is 3.10. The zero-order valence-corrected chi connectivity index (χ0v) is 15.1. The highest BCUT2D eigenvalue weighted by molar-refractivity contribution is 6.30. The maximum absolute atomic E-state index is 6.12. The molecule has 1 saturated carbocycles. The average Bonchev–Trinajstić information content (AvgIpc) is 2.96. The van der Waals surface area contributed by atoms with Crippen molar-refractivity contribution in [3.63, 3.8) is 0 Å². The predicted molar refractivity (Wildman–Crippen MR) is 97.7 cm³/mol. The summed E-state index contributed by atoms with van der Waals surface area (Å²) in [7, 11) is 1.88. The summed E-state index contributed by atoms with van der Waals surface area (Å²) < 4.78 is 11.7. The van der Waals surface area contributed by atoms with E-state index in [1.807, 2.05) is 25.3 Å². The van der Waals surface area contributed by atoms with E-state index in [9.17, 15) is 0 Å². The van der Waals surface area contributed by atoms with Crippen LogP contribution in [0.5, 0.6) is 5.75 Å². The van der Waals surface area contributed by atoms with E-state index < -0.39 is 0 Å². The molecule has 0 bridgehead atoms. The van der Waals surface area contributed by atoms with Crippen molar-refractivity contribution >= 4 is 17.7 Å². The Labute approximate surface area is 149 Å². The van der Waals surface area contributed by atoms with E-state index in [4.69, 9.17) is 21.1 Å². The molecule has 2 fully saturated rings. The SMILES string of the molecule is CO[C@@H]1CCC[C@@]12CCCN(CC1=Cc3cc(Cl)ccc3OC1)C2. The number of hydrogen-bond donors (Lipinski definition) is 0. The number of benzene rings is 1. The molecule has 0 aromatic heterocycles. The van der Waals surface area contributed by atoms with Crippen LogP contribution in [0.1, 0.15) is 37.7 Å². The largest absolute Gasteiger partial charge is 0.489 e. The van der Waals surface area contributed by atoms with Gasteiger partial charge in [0.15, 0.2) is 0 Å². The monoisotopic (exact) mass is 347 g/mol. The topological polar surface area (TPSA) is 21.7 Å². The van der Waals surface area contributed by atoms with Crippen molar-refractivity contribution in [1.82, 2.24) is 4.90 Å². The number of fused-ring (bicyclic) bond motifs is 1. The second-order valence-electron chi connectivity index (χ2n) is 7.57. The first-order valence-corrected chi connectivity index (χ1v) is 9.43. The molecule has 1 aromatic carbocycles. The van der Waals surface area contributed by atoms with Gasteiger partial charge < -0.3 is 9.47 Å². The molecule has 1 spiro atoms. The number of ether oxygens (including phenoxy) is 2. The maximum Gasteiger partial charge on any atom is 0.127 e. The Morgan fingerprint density at radius 3 is 3.08 bits per heavy atom. The van der Waals surface area contributed by atoms with E-state index in [1.165, 1.54) is 44.2 Å². The van der Waals surface area contributed by atoms with Crippen LogP contribution < -0.4 is 4.74 Å². The van der Waals surface area contributed by atoms with Gasteiger partial charge in [0.2, 0.25) is 0 Å². The Hall–Kier alpha value is -1.03. The van der Waals surface area contributed by atoms with Crippen molar-refractivity contribution < 1.29 is 9.47 Å². The lowest BCUT2D eigenvalue weighted by Crippen LogP contribution is -2.48. The fraction of sp³-hybridized carbons (Fsp3) is 0.600. The number of piperidine rings is 1. The number of nitrogens with zero attached hydrogens (tertiary/aromatic N) is 1. The van der Waals surface area contributed by atoms with Crippen molar-refractivity contribution in [3.05, 3.63) is 34.4 Å². The van der Waals surface area contributed by atoms with E-state index in [2.05, 4.69) is 11.0 Å². The lowest BCUT2D eigenvalue weighted by Gasteiger charge is -2.44. The Bertz CT molecular complexity index is 645. The first kappa shape index (κ1) is 16.4. The van der Waals surface area contributed by atoms with Gasteiger partial charge >= 0.3 is 0 Å². The Kier molecular flexibility index (Phi) is 4.59. The van der Waals surface area contributed by atoms with Gasteiger partial charge in [0.1, 0.15) is 12.4 Å². The molecular formula is C20H26ClNO2. The third-order valence-corrected chi connectivity index (χ3v) is 6.20. The summed E-state index contributed by atoms with van der Waals surface area (Å²) in [5, 5.41) is 0.765. The summed E-state index contributed by atoms with van der Waals surface area (Å²) in [6.07, 6.45) is 9.14. The highest BCUT2D eigenvalue weighted by Crippen LogP contribution is 2.46. The molecule has 130 valence electrons. The fourth-order valence-electron chi connectivity index (χ4n) is 4.91. The minimum absolute atomic E-state index is 0.379. The summed E-state index contributed by atoms with van der Waals surface area (Å²) in [5.41, 5.74) is 2.82. The Morgan fingerprint density at radius 1 is 1.33 bits per heavy atom. The first-order chi connectivity index (χ1) is 11.7. The van der Waals surface area contributed by atoms with E-state index in [0.717, 1.165) is 29.4 Å². The van der Waals surface area contributed by atoms with Crippen LogP contribution in [0, 0.1) is 5.41 Å². The molecule has 4 rings (SSSR count). The highest BCUT2D eigenvalue weighted by Gasteiger charge is 2.45. The molecule has 1 aliphatic carbocycles. The van der Waals surface area contributed by atoms with Crippen molar-refractivity contribution in [3.8, 4) is 5.75 Å². The minimum Gasteiger partial charge on any atom is -0.489 e. The molecule has 0 amide bonds. The molecule has 2 heterocycles.